The first-order chi connectivity index (χ1) is 8.07. The van der Waals surface area contributed by atoms with E-state index in [1.54, 1.807) is 12.4 Å². The van der Waals surface area contributed by atoms with Crippen molar-refractivity contribution in [2.75, 3.05) is 0 Å². The maximum Gasteiger partial charge on any atom is 0.153 e. The summed E-state index contributed by atoms with van der Waals surface area (Å²) in [6.07, 6.45) is 3.59. The van der Waals surface area contributed by atoms with E-state index in [0.29, 0.717) is 0 Å². The zero-order chi connectivity index (χ0) is 12.0. The minimum absolute atomic E-state index is 0.0841. The lowest BCUT2D eigenvalue weighted by atomic mass is 9.86. The van der Waals surface area contributed by atoms with Crippen molar-refractivity contribution in [3.8, 4) is 0 Å². The van der Waals surface area contributed by atoms with Crippen LogP contribution in [0.2, 0.25) is 0 Å². The molecule has 0 N–H and O–H groups in total. The lowest BCUT2D eigenvalue weighted by molar-refractivity contribution is 0.572. The van der Waals surface area contributed by atoms with Crippen LogP contribution in [0.15, 0.2) is 41.1 Å². The SMILES string of the molecule is CC(C)(C)c1cccc2c1oc1cnccc12. The van der Waals surface area contributed by atoms with Gasteiger partial charge in [0.15, 0.2) is 5.58 Å². The van der Waals surface area contributed by atoms with Crippen LogP contribution in [0.5, 0.6) is 0 Å². The highest BCUT2D eigenvalue weighted by Gasteiger charge is 2.20. The maximum atomic E-state index is 5.95. The van der Waals surface area contributed by atoms with Crippen molar-refractivity contribution in [3.05, 3.63) is 42.2 Å². The molecule has 2 heteroatoms. The zero-order valence-electron chi connectivity index (χ0n) is 10.3. The third-order valence-corrected chi connectivity index (χ3v) is 3.11. The summed E-state index contributed by atoms with van der Waals surface area (Å²) in [5.41, 5.74) is 3.18. The molecule has 3 rings (SSSR count). The molecule has 3 aromatic rings. The van der Waals surface area contributed by atoms with Gasteiger partial charge in [0, 0.05) is 22.5 Å². The van der Waals surface area contributed by atoms with Crippen molar-refractivity contribution in [2.24, 2.45) is 0 Å². The highest BCUT2D eigenvalue weighted by atomic mass is 16.3. The number of para-hydroxylation sites is 1. The molecule has 0 unspecified atom stereocenters. The number of nitrogens with zero attached hydrogens (tertiary/aromatic N) is 1. The number of benzene rings is 1. The molecule has 0 amide bonds. The number of hydrogen-bond acceptors (Lipinski definition) is 2. The van der Waals surface area contributed by atoms with Crippen molar-refractivity contribution >= 4 is 21.9 Å². The van der Waals surface area contributed by atoms with E-state index in [1.165, 1.54) is 10.9 Å². The zero-order valence-corrected chi connectivity index (χ0v) is 10.3. The highest BCUT2D eigenvalue weighted by Crippen LogP contribution is 2.35. The monoisotopic (exact) mass is 225 g/mol. The fourth-order valence-corrected chi connectivity index (χ4v) is 2.24. The molecule has 0 atom stereocenters. The number of aromatic nitrogens is 1. The molecular formula is C15H15NO. The van der Waals surface area contributed by atoms with E-state index in [4.69, 9.17) is 4.42 Å². The van der Waals surface area contributed by atoms with E-state index in [2.05, 4.69) is 44.0 Å². The maximum absolute atomic E-state index is 5.95. The lowest BCUT2D eigenvalue weighted by Gasteiger charge is -2.18. The van der Waals surface area contributed by atoms with E-state index < -0.39 is 0 Å². The van der Waals surface area contributed by atoms with Gasteiger partial charge in [0.2, 0.25) is 0 Å². The molecule has 0 saturated carbocycles. The second-order valence-corrected chi connectivity index (χ2v) is 5.41. The van der Waals surface area contributed by atoms with Gasteiger partial charge in [0.1, 0.15) is 5.58 Å². The molecule has 2 heterocycles. The van der Waals surface area contributed by atoms with Crippen LogP contribution in [-0.4, -0.2) is 4.98 Å². The Morgan fingerprint density at radius 3 is 2.65 bits per heavy atom. The van der Waals surface area contributed by atoms with Gasteiger partial charge in [0.25, 0.3) is 0 Å². The summed E-state index contributed by atoms with van der Waals surface area (Å²) < 4.78 is 5.95. The van der Waals surface area contributed by atoms with E-state index in [0.717, 1.165) is 16.6 Å². The van der Waals surface area contributed by atoms with Crippen LogP contribution in [0.25, 0.3) is 21.9 Å². The fraction of sp³-hybridized carbons (Fsp3) is 0.267. The Morgan fingerprint density at radius 1 is 1.06 bits per heavy atom. The van der Waals surface area contributed by atoms with Gasteiger partial charge in [-0.25, -0.2) is 0 Å². The second-order valence-electron chi connectivity index (χ2n) is 5.41. The number of pyridine rings is 1. The lowest BCUT2D eigenvalue weighted by Crippen LogP contribution is -2.10. The number of fused-ring (bicyclic) bond motifs is 3. The molecule has 86 valence electrons. The third kappa shape index (κ3) is 1.52. The Balaban J connectivity index is 2.48. The summed E-state index contributed by atoms with van der Waals surface area (Å²) in [7, 11) is 0. The van der Waals surface area contributed by atoms with Crippen molar-refractivity contribution in [2.45, 2.75) is 26.2 Å². The molecule has 2 aromatic heterocycles. The molecule has 0 fully saturated rings. The highest BCUT2D eigenvalue weighted by molar-refractivity contribution is 6.05. The Labute approximate surface area is 100 Å². The number of hydrogen-bond donors (Lipinski definition) is 0. The number of furan rings is 1. The Morgan fingerprint density at radius 2 is 1.88 bits per heavy atom. The smallest absolute Gasteiger partial charge is 0.153 e. The second kappa shape index (κ2) is 3.33. The first-order valence-corrected chi connectivity index (χ1v) is 5.83. The topological polar surface area (TPSA) is 26.0 Å². The van der Waals surface area contributed by atoms with E-state index in [9.17, 15) is 0 Å². The third-order valence-electron chi connectivity index (χ3n) is 3.11. The Kier molecular flexibility index (Phi) is 2.02. The van der Waals surface area contributed by atoms with Gasteiger partial charge in [0.05, 0.1) is 6.20 Å². The minimum Gasteiger partial charge on any atom is -0.454 e. The van der Waals surface area contributed by atoms with Crippen LogP contribution in [0.3, 0.4) is 0 Å². The van der Waals surface area contributed by atoms with Crippen LogP contribution in [0.4, 0.5) is 0 Å². The average Bonchev–Trinajstić information content (AvgIpc) is 2.65. The van der Waals surface area contributed by atoms with E-state index in [-0.39, 0.29) is 5.41 Å². The molecule has 0 bridgehead atoms. The first kappa shape index (κ1) is 10.3. The van der Waals surface area contributed by atoms with Gasteiger partial charge in [-0.3, -0.25) is 4.98 Å². The summed E-state index contributed by atoms with van der Waals surface area (Å²) >= 11 is 0. The van der Waals surface area contributed by atoms with Gasteiger partial charge in [-0.2, -0.15) is 0 Å². The molecule has 0 aliphatic heterocycles. The summed E-state index contributed by atoms with van der Waals surface area (Å²) in [4.78, 5) is 4.11. The molecule has 0 aliphatic rings. The number of rotatable bonds is 0. The van der Waals surface area contributed by atoms with Crippen LogP contribution < -0.4 is 0 Å². The largest absolute Gasteiger partial charge is 0.454 e. The van der Waals surface area contributed by atoms with Crippen molar-refractivity contribution in [3.63, 3.8) is 0 Å². The minimum atomic E-state index is 0.0841. The Bertz CT molecular complexity index is 689. The van der Waals surface area contributed by atoms with Crippen LogP contribution in [0.1, 0.15) is 26.3 Å². The molecular weight excluding hydrogens is 210 g/mol. The predicted molar refractivity (Wildman–Crippen MR) is 70.2 cm³/mol. The quantitative estimate of drug-likeness (QED) is 0.570. The fourth-order valence-electron chi connectivity index (χ4n) is 2.24. The van der Waals surface area contributed by atoms with Gasteiger partial charge < -0.3 is 4.42 Å². The molecule has 0 saturated heterocycles. The van der Waals surface area contributed by atoms with Crippen molar-refractivity contribution in [1.29, 1.82) is 0 Å². The summed E-state index contributed by atoms with van der Waals surface area (Å²) in [5, 5.41) is 2.32. The van der Waals surface area contributed by atoms with Gasteiger partial charge in [-0.15, -0.1) is 0 Å². The molecule has 2 nitrogen and oxygen atoms in total. The van der Waals surface area contributed by atoms with Crippen molar-refractivity contribution in [1.82, 2.24) is 4.98 Å². The molecule has 0 radical (unpaired) electrons. The van der Waals surface area contributed by atoms with E-state index in [1.807, 2.05) is 6.07 Å². The van der Waals surface area contributed by atoms with Crippen LogP contribution >= 0.6 is 0 Å². The molecule has 0 spiro atoms. The summed E-state index contributed by atoms with van der Waals surface area (Å²) in [5.74, 6) is 0. The van der Waals surface area contributed by atoms with Gasteiger partial charge in [-0.05, 0) is 11.5 Å². The average molecular weight is 225 g/mol. The molecule has 1 aromatic carbocycles. The predicted octanol–water partition coefficient (Wildman–Crippen LogP) is 4.28. The van der Waals surface area contributed by atoms with Gasteiger partial charge >= 0.3 is 0 Å². The molecule has 17 heavy (non-hydrogen) atoms. The normalized spacial score (nSPS) is 12.4. The summed E-state index contributed by atoms with van der Waals surface area (Å²) in [6, 6.07) is 8.35. The first-order valence-electron chi connectivity index (χ1n) is 5.83. The summed E-state index contributed by atoms with van der Waals surface area (Å²) in [6.45, 7) is 6.60. The standard InChI is InChI=1S/C15H15NO/c1-15(2,3)12-6-4-5-11-10-7-8-16-9-13(10)17-14(11)12/h4-9H,1-3H3. The van der Waals surface area contributed by atoms with Gasteiger partial charge in [-0.1, -0.05) is 39.0 Å². The Hall–Kier alpha value is -1.83. The molecule has 0 aliphatic carbocycles. The van der Waals surface area contributed by atoms with Crippen LogP contribution in [0, 0.1) is 0 Å². The van der Waals surface area contributed by atoms with Crippen molar-refractivity contribution < 1.29 is 4.42 Å². The van der Waals surface area contributed by atoms with E-state index >= 15 is 0 Å². The van der Waals surface area contributed by atoms with Crippen LogP contribution in [-0.2, 0) is 5.41 Å².